The van der Waals surface area contributed by atoms with Crippen LogP contribution in [0.2, 0.25) is 0 Å². The van der Waals surface area contributed by atoms with Gasteiger partial charge in [0, 0.05) is 4.88 Å². The van der Waals surface area contributed by atoms with Gasteiger partial charge in [-0.3, -0.25) is 4.79 Å². The molecule has 0 unspecified atom stereocenters. The number of nitrogens with two attached hydrogens (primary N) is 1. The predicted octanol–water partition coefficient (Wildman–Crippen LogP) is 1.84. The third kappa shape index (κ3) is 1.98. The van der Waals surface area contributed by atoms with E-state index in [-0.39, 0.29) is 5.91 Å². The first-order chi connectivity index (χ1) is 8.17. The third-order valence-electron chi connectivity index (χ3n) is 3.76. The second kappa shape index (κ2) is 4.07. The van der Waals surface area contributed by atoms with Gasteiger partial charge < -0.3 is 11.1 Å². The summed E-state index contributed by atoms with van der Waals surface area (Å²) in [4.78, 5) is 17.8. The first kappa shape index (κ1) is 11.2. The molecule has 1 aromatic rings. The van der Waals surface area contributed by atoms with Crippen molar-refractivity contribution in [2.75, 3.05) is 5.32 Å². The molecule has 5 heteroatoms. The molecule has 1 amide bonds. The molecule has 0 aromatic carbocycles. The van der Waals surface area contributed by atoms with E-state index in [4.69, 9.17) is 5.73 Å². The zero-order valence-electron chi connectivity index (χ0n) is 9.79. The summed E-state index contributed by atoms with van der Waals surface area (Å²) in [5, 5.41) is 3.62. The summed E-state index contributed by atoms with van der Waals surface area (Å²) in [6.45, 7) is 0. The quantitative estimate of drug-likeness (QED) is 0.842. The summed E-state index contributed by atoms with van der Waals surface area (Å²) in [6, 6.07) is 0. The van der Waals surface area contributed by atoms with Crippen LogP contribution in [0.1, 0.15) is 42.7 Å². The van der Waals surface area contributed by atoms with Crippen molar-refractivity contribution in [1.82, 2.24) is 4.98 Å². The number of nitrogens with one attached hydrogen (secondary N) is 1. The maximum absolute atomic E-state index is 12.0. The van der Waals surface area contributed by atoms with Crippen LogP contribution in [-0.4, -0.2) is 16.4 Å². The first-order valence-corrected chi connectivity index (χ1v) is 7.08. The second-order valence-electron chi connectivity index (χ2n) is 5.06. The van der Waals surface area contributed by atoms with Crippen molar-refractivity contribution < 1.29 is 4.79 Å². The predicted molar refractivity (Wildman–Crippen MR) is 68.2 cm³/mol. The maximum Gasteiger partial charge on any atom is 0.246 e. The molecule has 1 saturated carbocycles. The number of thiazole rings is 1. The van der Waals surface area contributed by atoms with Crippen molar-refractivity contribution >= 4 is 22.4 Å². The fourth-order valence-electron chi connectivity index (χ4n) is 2.41. The number of rotatable bonds is 2. The van der Waals surface area contributed by atoms with E-state index in [0.717, 1.165) is 37.2 Å². The molecule has 3 N–H and O–H groups in total. The number of hydrogen-bond acceptors (Lipinski definition) is 4. The van der Waals surface area contributed by atoms with Gasteiger partial charge in [0.1, 0.15) is 0 Å². The molecular weight excluding hydrogens is 234 g/mol. The molecule has 0 atom stereocenters. The molecule has 1 aromatic heterocycles. The number of amides is 1. The Balaban J connectivity index is 1.72. The summed E-state index contributed by atoms with van der Waals surface area (Å²) in [6.07, 6.45) is 7.26. The molecule has 1 heterocycles. The minimum absolute atomic E-state index is 0.0603. The minimum Gasteiger partial charge on any atom is -0.317 e. The number of hydrogen-bond donors (Lipinski definition) is 2. The smallest absolute Gasteiger partial charge is 0.246 e. The van der Waals surface area contributed by atoms with Gasteiger partial charge in [0.05, 0.1) is 11.2 Å². The van der Waals surface area contributed by atoms with Gasteiger partial charge in [-0.2, -0.15) is 0 Å². The van der Waals surface area contributed by atoms with Gasteiger partial charge in [-0.1, -0.05) is 0 Å². The number of aromatic nitrogens is 1. The number of fused-ring (bicyclic) bond motifs is 1. The SMILES string of the molecule is NC1(C(=O)Nc2nc3c(s2)CCCC3)CCC1. The Labute approximate surface area is 105 Å². The van der Waals surface area contributed by atoms with Crippen molar-refractivity contribution in [2.45, 2.75) is 50.5 Å². The summed E-state index contributed by atoms with van der Waals surface area (Å²) >= 11 is 1.62. The average molecular weight is 251 g/mol. The molecule has 4 nitrogen and oxygen atoms in total. The average Bonchev–Trinajstić information content (AvgIpc) is 2.67. The Morgan fingerprint density at radius 3 is 2.71 bits per heavy atom. The minimum atomic E-state index is -0.633. The first-order valence-electron chi connectivity index (χ1n) is 6.26. The second-order valence-corrected chi connectivity index (χ2v) is 6.14. The molecular formula is C12H17N3OS. The Kier molecular flexibility index (Phi) is 2.67. The summed E-state index contributed by atoms with van der Waals surface area (Å²) < 4.78 is 0. The molecule has 0 aliphatic heterocycles. The number of aryl methyl sites for hydroxylation is 2. The van der Waals surface area contributed by atoms with Gasteiger partial charge >= 0.3 is 0 Å². The van der Waals surface area contributed by atoms with Crippen LogP contribution >= 0.6 is 11.3 Å². The van der Waals surface area contributed by atoms with E-state index in [2.05, 4.69) is 10.3 Å². The number of carbonyl (C=O) groups is 1. The Morgan fingerprint density at radius 1 is 1.29 bits per heavy atom. The Morgan fingerprint density at radius 2 is 2.06 bits per heavy atom. The highest BCUT2D eigenvalue weighted by Crippen LogP contribution is 2.33. The van der Waals surface area contributed by atoms with Crippen molar-refractivity contribution in [2.24, 2.45) is 5.73 Å². The maximum atomic E-state index is 12.0. The fraction of sp³-hybridized carbons (Fsp3) is 0.667. The van der Waals surface area contributed by atoms with Crippen molar-refractivity contribution in [3.8, 4) is 0 Å². The number of nitrogens with zero attached hydrogens (tertiary/aromatic N) is 1. The number of carbonyl (C=O) groups excluding carboxylic acids is 1. The lowest BCUT2D eigenvalue weighted by atomic mass is 9.77. The van der Waals surface area contributed by atoms with E-state index < -0.39 is 5.54 Å². The van der Waals surface area contributed by atoms with E-state index in [1.165, 1.54) is 23.4 Å². The van der Waals surface area contributed by atoms with Gasteiger partial charge in [0.15, 0.2) is 5.13 Å². The van der Waals surface area contributed by atoms with Gasteiger partial charge in [0.25, 0.3) is 0 Å². The molecule has 0 saturated heterocycles. The summed E-state index contributed by atoms with van der Waals surface area (Å²) in [7, 11) is 0. The Bertz CT molecular complexity index is 427. The van der Waals surface area contributed by atoms with Gasteiger partial charge in [-0.05, 0) is 44.9 Å². The molecule has 17 heavy (non-hydrogen) atoms. The molecule has 3 rings (SSSR count). The van der Waals surface area contributed by atoms with Crippen LogP contribution < -0.4 is 11.1 Å². The topological polar surface area (TPSA) is 68.0 Å². The van der Waals surface area contributed by atoms with E-state index >= 15 is 0 Å². The molecule has 92 valence electrons. The largest absolute Gasteiger partial charge is 0.317 e. The van der Waals surface area contributed by atoms with E-state index in [1.807, 2.05) is 0 Å². The molecule has 1 fully saturated rings. The van der Waals surface area contributed by atoms with Crippen LogP contribution in [-0.2, 0) is 17.6 Å². The van der Waals surface area contributed by atoms with Crippen LogP contribution in [0.25, 0.3) is 0 Å². The lowest BCUT2D eigenvalue weighted by molar-refractivity contribution is -0.123. The van der Waals surface area contributed by atoms with Crippen molar-refractivity contribution in [1.29, 1.82) is 0 Å². The lowest BCUT2D eigenvalue weighted by Gasteiger charge is -2.35. The van der Waals surface area contributed by atoms with Crippen molar-refractivity contribution in [3.63, 3.8) is 0 Å². The summed E-state index contributed by atoms with van der Waals surface area (Å²) in [5.74, 6) is -0.0603. The van der Waals surface area contributed by atoms with E-state index in [0.29, 0.717) is 0 Å². The lowest BCUT2D eigenvalue weighted by Crippen LogP contribution is -2.56. The van der Waals surface area contributed by atoms with Crippen LogP contribution in [0.5, 0.6) is 0 Å². The molecule has 0 radical (unpaired) electrons. The van der Waals surface area contributed by atoms with Crippen LogP contribution in [0.3, 0.4) is 0 Å². The van der Waals surface area contributed by atoms with Gasteiger partial charge in [0.2, 0.25) is 5.91 Å². The zero-order valence-corrected chi connectivity index (χ0v) is 10.6. The van der Waals surface area contributed by atoms with Crippen LogP contribution in [0.4, 0.5) is 5.13 Å². The standard InChI is InChI=1S/C12H17N3OS/c13-12(6-3-7-12)10(16)15-11-14-8-4-1-2-5-9(8)17-11/h1-7,13H2,(H,14,15,16). The molecule has 2 aliphatic carbocycles. The Hall–Kier alpha value is -0.940. The monoisotopic (exact) mass is 251 g/mol. The van der Waals surface area contributed by atoms with Gasteiger partial charge in [-0.25, -0.2) is 4.98 Å². The van der Waals surface area contributed by atoms with E-state index in [1.54, 1.807) is 11.3 Å². The molecule has 2 aliphatic rings. The highest BCUT2D eigenvalue weighted by atomic mass is 32.1. The summed E-state index contributed by atoms with van der Waals surface area (Å²) in [5.41, 5.74) is 6.53. The molecule has 0 bridgehead atoms. The third-order valence-corrected chi connectivity index (χ3v) is 4.84. The normalized spacial score (nSPS) is 21.5. The van der Waals surface area contributed by atoms with Crippen molar-refractivity contribution in [3.05, 3.63) is 10.6 Å². The number of anilines is 1. The molecule has 0 spiro atoms. The van der Waals surface area contributed by atoms with Crippen LogP contribution in [0.15, 0.2) is 0 Å². The fourth-order valence-corrected chi connectivity index (χ4v) is 3.46. The van der Waals surface area contributed by atoms with E-state index in [9.17, 15) is 4.79 Å². The zero-order chi connectivity index (χ0) is 11.9. The highest BCUT2D eigenvalue weighted by Gasteiger charge is 2.40. The highest BCUT2D eigenvalue weighted by molar-refractivity contribution is 7.15. The van der Waals surface area contributed by atoms with Gasteiger partial charge in [-0.15, -0.1) is 11.3 Å². The van der Waals surface area contributed by atoms with Crippen LogP contribution in [0, 0.1) is 0 Å².